The van der Waals surface area contributed by atoms with Crippen molar-refractivity contribution >= 4 is 28.9 Å². The number of ether oxygens (including phenoxy) is 1. The molecule has 174 valence electrons. The molecule has 2 aromatic rings. The number of nitrogens with one attached hydrogen (secondary N) is 1. The minimum atomic E-state index is -5.08. The number of thioether (sulfide) groups is 1. The van der Waals surface area contributed by atoms with Crippen molar-refractivity contribution in [2.45, 2.75) is 31.3 Å². The molecule has 0 spiro atoms. The van der Waals surface area contributed by atoms with E-state index in [1.165, 1.54) is 11.8 Å². The Bertz CT molecular complexity index is 947. The Kier molecular flexibility index (Phi) is 9.20. The van der Waals surface area contributed by atoms with Gasteiger partial charge in [0.1, 0.15) is 5.75 Å². The van der Waals surface area contributed by atoms with Crippen molar-refractivity contribution in [1.82, 2.24) is 25.5 Å². The highest BCUT2D eigenvalue weighted by Gasteiger charge is 2.38. The summed E-state index contributed by atoms with van der Waals surface area (Å²) in [7, 11) is 1.65. The van der Waals surface area contributed by atoms with Crippen LogP contribution in [0.25, 0.3) is 6.08 Å². The Morgan fingerprint density at radius 3 is 2.56 bits per heavy atom. The predicted octanol–water partition coefficient (Wildman–Crippen LogP) is 2.39. The molecule has 1 fully saturated rings. The Morgan fingerprint density at radius 2 is 2.00 bits per heavy atom. The largest absolute Gasteiger partial charge is 0.497 e. The molecular weight excluding hydrogens is 451 g/mol. The summed E-state index contributed by atoms with van der Waals surface area (Å²) < 4.78 is 38.7. The maximum Gasteiger partial charge on any atom is 0.490 e. The summed E-state index contributed by atoms with van der Waals surface area (Å²) in [6.45, 7) is 3.85. The number of carbonyl (C=O) groups is 2. The van der Waals surface area contributed by atoms with Crippen LogP contribution in [0, 0.1) is 0 Å². The highest BCUT2D eigenvalue weighted by molar-refractivity contribution is 8.14. The first-order valence-corrected chi connectivity index (χ1v) is 10.3. The second kappa shape index (κ2) is 11.6. The molecule has 2 heterocycles. The number of aromatic nitrogens is 4. The minimum Gasteiger partial charge on any atom is -0.497 e. The third-order valence-electron chi connectivity index (χ3n) is 4.24. The number of rotatable bonds is 5. The molecule has 1 aliphatic rings. The molecule has 32 heavy (non-hydrogen) atoms. The van der Waals surface area contributed by atoms with E-state index < -0.39 is 12.1 Å². The summed E-state index contributed by atoms with van der Waals surface area (Å²) in [5, 5.41) is 22.8. The molecule has 1 aliphatic heterocycles. The molecule has 0 aliphatic carbocycles. The minimum absolute atomic E-state index is 0.135. The zero-order valence-corrected chi connectivity index (χ0v) is 18.1. The SMILES string of the molecule is COc1ccc(Cn2nnnc2C=C2CNCCC2SC(C)=O)cc1.O=C(O)C(F)(F)F. The van der Waals surface area contributed by atoms with Crippen LogP contribution in [0.4, 0.5) is 13.2 Å². The van der Waals surface area contributed by atoms with Gasteiger partial charge in [-0.25, -0.2) is 9.48 Å². The van der Waals surface area contributed by atoms with Crippen LogP contribution in [0.1, 0.15) is 24.7 Å². The van der Waals surface area contributed by atoms with Crippen molar-refractivity contribution < 1.29 is 32.6 Å². The van der Waals surface area contributed by atoms with Gasteiger partial charge in [-0.1, -0.05) is 23.9 Å². The van der Waals surface area contributed by atoms with Crippen LogP contribution in [-0.2, 0) is 16.1 Å². The average molecular weight is 473 g/mol. The highest BCUT2D eigenvalue weighted by Crippen LogP contribution is 2.26. The summed E-state index contributed by atoms with van der Waals surface area (Å²) in [4.78, 5) is 20.4. The van der Waals surface area contributed by atoms with Gasteiger partial charge in [-0.05, 0) is 52.7 Å². The molecule has 0 amide bonds. The first kappa shape index (κ1) is 25.3. The van der Waals surface area contributed by atoms with Gasteiger partial charge >= 0.3 is 12.1 Å². The third-order valence-corrected chi connectivity index (χ3v) is 5.40. The van der Waals surface area contributed by atoms with Crippen molar-refractivity contribution in [3.8, 4) is 5.75 Å². The number of hydrogen-bond donors (Lipinski definition) is 2. The first-order valence-electron chi connectivity index (χ1n) is 9.37. The van der Waals surface area contributed by atoms with Gasteiger partial charge in [0, 0.05) is 18.7 Å². The molecule has 0 bridgehead atoms. The van der Waals surface area contributed by atoms with E-state index in [2.05, 4.69) is 20.8 Å². The first-order chi connectivity index (χ1) is 15.1. The fraction of sp³-hybridized carbons (Fsp3) is 0.421. The van der Waals surface area contributed by atoms with Gasteiger partial charge in [0.05, 0.1) is 13.7 Å². The number of halogens is 3. The van der Waals surface area contributed by atoms with Gasteiger partial charge < -0.3 is 15.2 Å². The van der Waals surface area contributed by atoms with Crippen LogP contribution >= 0.6 is 11.8 Å². The standard InChI is InChI=1S/C17H21N5O2S.C2HF3O2/c1-12(23)25-16-7-8-18-10-14(16)9-17-19-20-21-22(17)11-13-3-5-15(24-2)6-4-13;3-2(4,5)1(6)7/h3-6,9,16,18H,7-8,10-11H2,1-2H3;(H,6,7). The van der Waals surface area contributed by atoms with Crippen molar-refractivity contribution in [3.63, 3.8) is 0 Å². The Morgan fingerprint density at radius 1 is 1.34 bits per heavy atom. The molecule has 3 rings (SSSR count). The number of nitrogens with zero attached hydrogens (tertiary/aromatic N) is 4. The zero-order valence-electron chi connectivity index (χ0n) is 17.3. The Labute approximate surface area is 186 Å². The van der Waals surface area contributed by atoms with Gasteiger partial charge in [0.25, 0.3) is 0 Å². The molecule has 1 aromatic heterocycles. The maximum atomic E-state index is 11.5. The van der Waals surface area contributed by atoms with Gasteiger partial charge in [0.15, 0.2) is 10.9 Å². The van der Waals surface area contributed by atoms with E-state index in [4.69, 9.17) is 14.6 Å². The van der Waals surface area contributed by atoms with Crippen molar-refractivity contribution in [2.24, 2.45) is 0 Å². The number of carbonyl (C=O) groups excluding carboxylic acids is 1. The zero-order chi connectivity index (χ0) is 23.7. The summed E-state index contributed by atoms with van der Waals surface area (Å²) in [5.41, 5.74) is 2.24. The molecule has 1 aromatic carbocycles. The molecular formula is C19H22F3N5O4S. The number of carboxylic acid groups (broad SMARTS) is 1. The number of carboxylic acids is 1. The quantitative estimate of drug-likeness (QED) is 0.675. The van der Waals surface area contributed by atoms with Crippen molar-refractivity contribution in [2.75, 3.05) is 20.2 Å². The lowest BCUT2D eigenvalue weighted by Crippen LogP contribution is -2.32. The number of aliphatic carboxylic acids is 1. The van der Waals surface area contributed by atoms with E-state index in [9.17, 15) is 18.0 Å². The maximum absolute atomic E-state index is 11.5. The monoisotopic (exact) mass is 473 g/mol. The molecule has 13 heteroatoms. The van der Waals surface area contributed by atoms with Gasteiger partial charge in [-0.15, -0.1) is 5.10 Å². The third kappa shape index (κ3) is 7.96. The lowest BCUT2D eigenvalue weighted by atomic mass is 10.1. The predicted molar refractivity (Wildman–Crippen MR) is 111 cm³/mol. The Hall–Kier alpha value is -2.93. The molecule has 0 radical (unpaired) electrons. The summed E-state index contributed by atoms with van der Waals surface area (Å²) >= 11 is 1.38. The van der Waals surface area contributed by atoms with Crippen LogP contribution in [0.15, 0.2) is 29.8 Å². The fourth-order valence-corrected chi connectivity index (χ4v) is 3.68. The van der Waals surface area contributed by atoms with E-state index in [1.807, 2.05) is 30.3 Å². The number of alkyl halides is 3. The number of methoxy groups -OCH3 is 1. The van der Waals surface area contributed by atoms with E-state index in [0.717, 1.165) is 36.4 Å². The smallest absolute Gasteiger partial charge is 0.490 e. The molecule has 9 nitrogen and oxygen atoms in total. The lowest BCUT2D eigenvalue weighted by molar-refractivity contribution is -0.192. The number of tetrazole rings is 1. The molecule has 2 N–H and O–H groups in total. The van der Waals surface area contributed by atoms with E-state index in [0.29, 0.717) is 12.4 Å². The Balaban J connectivity index is 0.000000451. The van der Waals surface area contributed by atoms with E-state index in [-0.39, 0.29) is 10.4 Å². The summed E-state index contributed by atoms with van der Waals surface area (Å²) in [6, 6.07) is 7.83. The molecule has 1 unspecified atom stereocenters. The van der Waals surface area contributed by atoms with E-state index >= 15 is 0 Å². The van der Waals surface area contributed by atoms with Crippen LogP contribution < -0.4 is 10.1 Å². The number of piperidine rings is 1. The topological polar surface area (TPSA) is 119 Å². The molecule has 1 atom stereocenters. The fourth-order valence-electron chi connectivity index (χ4n) is 2.74. The summed E-state index contributed by atoms with van der Waals surface area (Å²) in [5.74, 6) is -1.24. The van der Waals surface area contributed by atoms with E-state index in [1.54, 1.807) is 18.7 Å². The molecule has 0 saturated carbocycles. The van der Waals surface area contributed by atoms with Crippen molar-refractivity contribution in [1.29, 1.82) is 0 Å². The van der Waals surface area contributed by atoms with Gasteiger partial charge in [-0.2, -0.15) is 13.2 Å². The van der Waals surface area contributed by atoms with Crippen LogP contribution in [0.5, 0.6) is 5.75 Å². The second-order valence-corrected chi connectivity index (χ2v) is 8.01. The second-order valence-electron chi connectivity index (χ2n) is 6.63. The number of hydrogen-bond acceptors (Lipinski definition) is 8. The van der Waals surface area contributed by atoms with Gasteiger partial charge in [-0.3, -0.25) is 4.79 Å². The van der Waals surface area contributed by atoms with Crippen LogP contribution in [-0.4, -0.2) is 68.0 Å². The van der Waals surface area contributed by atoms with Crippen LogP contribution in [0.2, 0.25) is 0 Å². The highest BCUT2D eigenvalue weighted by atomic mass is 32.2. The number of benzene rings is 1. The average Bonchev–Trinajstić information content (AvgIpc) is 3.16. The summed E-state index contributed by atoms with van der Waals surface area (Å²) in [6.07, 6.45) is -2.16. The van der Waals surface area contributed by atoms with Crippen molar-refractivity contribution in [3.05, 3.63) is 41.2 Å². The molecule has 1 saturated heterocycles. The van der Waals surface area contributed by atoms with Crippen LogP contribution in [0.3, 0.4) is 0 Å². The normalized spacial score (nSPS) is 17.4. The lowest BCUT2D eigenvalue weighted by Gasteiger charge is -2.24. The van der Waals surface area contributed by atoms with Gasteiger partial charge in [0.2, 0.25) is 0 Å².